The molecular weight excluding hydrogens is 490 g/mol. The Bertz CT molecular complexity index is 1450. The molecule has 3 atom stereocenters. The second kappa shape index (κ2) is 10.9. The number of carbonyl (C=O) groups excluding carboxylic acids is 1. The molecule has 204 valence electrons. The molecule has 1 N–H and O–H groups in total. The van der Waals surface area contributed by atoms with Crippen LogP contribution in [0.25, 0.3) is 11.0 Å². The number of allylic oxidation sites excluding steroid dienone is 2. The van der Waals surface area contributed by atoms with Gasteiger partial charge in [0.15, 0.2) is 11.0 Å². The van der Waals surface area contributed by atoms with Crippen molar-refractivity contribution in [1.82, 2.24) is 10.2 Å². The average molecular weight is 528 g/mol. The smallest absolute Gasteiger partial charge is 0.255 e. The number of para-hydroxylation sites is 3. The molecule has 2 heterocycles. The summed E-state index contributed by atoms with van der Waals surface area (Å²) in [4.78, 5) is 31.3. The summed E-state index contributed by atoms with van der Waals surface area (Å²) in [5.74, 6) is 2.70. The number of nitrogens with one attached hydrogen (secondary N) is 1. The lowest BCUT2D eigenvalue weighted by atomic mass is 9.88. The zero-order valence-electron chi connectivity index (χ0n) is 22.8. The van der Waals surface area contributed by atoms with E-state index in [4.69, 9.17) is 9.15 Å². The molecule has 7 heteroatoms. The Morgan fingerprint density at radius 2 is 1.87 bits per heavy atom. The zero-order chi connectivity index (χ0) is 26.9. The van der Waals surface area contributed by atoms with E-state index < -0.39 is 0 Å². The normalized spacial score (nSPS) is 22.5. The standard InChI is InChI=1S/C32H37N3O4/c1-21-29(36)24-7-5-8-25(31(24)39-30(21)26-20-22-11-12-23(26)19-22)32(37)33-13-6-14-34-15-17-35(18-16-34)27-9-3-4-10-28(27)38-2/h3-5,7-12,22-23,26H,6,13-20H2,1-2H3,(H,33,37). The number of nitrogens with zero attached hydrogens (tertiary/aromatic N) is 2. The first-order valence-corrected chi connectivity index (χ1v) is 14.2. The number of benzene rings is 2. The van der Waals surface area contributed by atoms with Crippen LogP contribution in [0.3, 0.4) is 0 Å². The number of amides is 1. The molecule has 1 saturated carbocycles. The number of anilines is 1. The zero-order valence-corrected chi connectivity index (χ0v) is 22.8. The number of piperazine rings is 1. The lowest BCUT2D eigenvalue weighted by molar-refractivity contribution is 0.0952. The molecule has 2 aromatic carbocycles. The molecule has 2 fully saturated rings. The lowest BCUT2D eigenvalue weighted by Gasteiger charge is -2.36. The van der Waals surface area contributed by atoms with Crippen LogP contribution in [-0.2, 0) is 0 Å². The van der Waals surface area contributed by atoms with Crippen molar-refractivity contribution in [1.29, 1.82) is 0 Å². The maximum Gasteiger partial charge on any atom is 0.255 e. The monoisotopic (exact) mass is 527 g/mol. The van der Waals surface area contributed by atoms with Gasteiger partial charge >= 0.3 is 0 Å². The maximum atomic E-state index is 13.2. The van der Waals surface area contributed by atoms with Gasteiger partial charge in [0.25, 0.3) is 5.91 Å². The quantitative estimate of drug-likeness (QED) is 0.337. The summed E-state index contributed by atoms with van der Waals surface area (Å²) in [6.07, 6.45) is 7.55. The van der Waals surface area contributed by atoms with Crippen molar-refractivity contribution in [2.24, 2.45) is 11.8 Å². The molecule has 0 radical (unpaired) electrons. The van der Waals surface area contributed by atoms with Crippen LogP contribution in [0.15, 0.2) is 63.8 Å². The molecule has 7 nitrogen and oxygen atoms in total. The van der Waals surface area contributed by atoms with Crippen molar-refractivity contribution in [2.45, 2.75) is 32.1 Å². The van der Waals surface area contributed by atoms with E-state index in [0.29, 0.717) is 40.5 Å². The average Bonchev–Trinajstić information content (AvgIpc) is 3.61. The molecule has 1 amide bonds. The van der Waals surface area contributed by atoms with Crippen LogP contribution in [0.1, 0.15) is 46.9 Å². The molecule has 3 unspecified atom stereocenters. The SMILES string of the molecule is COc1ccccc1N1CCN(CCCNC(=O)c2cccc3c(=O)c(C)c(C4CC5C=CC4C5)oc23)CC1. The number of carbonyl (C=O) groups is 1. The van der Waals surface area contributed by atoms with Crippen molar-refractivity contribution in [3.05, 3.63) is 81.7 Å². The maximum absolute atomic E-state index is 13.2. The first-order chi connectivity index (χ1) is 19.0. The molecular formula is C32H37N3O4. The van der Waals surface area contributed by atoms with Gasteiger partial charge in [0, 0.05) is 44.2 Å². The first kappa shape index (κ1) is 25.7. The number of methoxy groups -OCH3 is 1. The van der Waals surface area contributed by atoms with E-state index in [-0.39, 0.29) is 17.3 Å². The summed E-state index contributed by atoms with van der Waals surface area (Å²) in [7, 11) is 1.71. The highest BCUT2D eigenvalue weighted by atomic mass is 16.5. The van der Waals surface area contributed by atoms with Crippen LogP contribution < -0.4 is 20.4 Å². The van der Waals surface area contributed by atoms with E-state index in [9.17, 15) is 9.59 Å². The second-order valence-corrected chi connectivity index (χ2v) is 11.1. The van der Waals surface area contributed by atoms with Gasteiger partial charge in [0.1, 0.15) is 11.5 Å². The fraction of sp³-hybridized carbons (Fsp3) is 0.438. The molecule has 3 aliphatic rings. The fourth-order valence-corrected chi connectivity index (χ4v) is 6.64. The Balaban J connectivity index is 1.07. The van der Waals surface area contributed by atoms with Crippen LogP contribution >= 0.6 is 0 Å². The van der Waals surface area contributed by atoms with Gasteiger partial charge in [-0.25, -0.2) is 0 Å². The van der Waals surface area contributed by atoms with E-state index >= 15 is 0 Å². The van der Waals surface area contributed by atoms with E-state index in [1.807, 2.05) is 25.1 Å². The van der Waals surface area contributed by atoms with Crippen molar-refractivity contribution in [2.75, 3.05) is 51.3 Å². The molecule has 3 aromatic rings. The highest BCUT2D eigenvalue weighted by molar-refractivity contribution is 6.04. The molecule has 2 bridgehead atoms. The summed E-state index contributed by atoms with van der Waals surface area (Å²) in [5, 5.41) is 3.55. The van der Waals surface area contributed by atoms with Gasteiger partial charge < -0.3 is 19.4 Å². The van der Waals surface area contributed by atoms with Gasteiger partial charge in [-0.05, 0) is 68.8 Å². The third-order valence-corrected chi connectivity index (χ3v) is 8.78. The van der Waals surface area contributed by atoms with Crippen LogP contribution in [-0.4, -0.2) is 57.2 Å². The third-order valence-electron chi connectivity index (χ3n) is 8.78. The summed E-state index contributed by atoms with van der Waals surface area (Å²) in [5.41, 5.74) is 2.65. The minimum Gasteiger partial charge on any atom is -0.495 e. The molecule has 39 heavy (non-hydrogen) atoms. The Morgan fingerprint density at radius 1 is 1.05 bits per heavy atom. The van der Waals surface area contributed by atoms with Crippen LogP contribution in [0.5, 0.6) is 5.75 Å². The fourth-order valence-electron chi connectivity index (χ4n) is 6.64. The minimum absolute atomic E-state index is 0.0279. The topological polar surface area (TPSA) is 75.0 Å². The second-order valence-electron chi connectivity index (χ2n) is 11.1. The summed E-state index contributed by atoms with van der Waals surface area (Å²) >= 11 is 0. The van der Waals surface area contributed by atoms with E-state index in [1.54, 1.807) is 25.3 Å². The number of hydrogen-bond donors (Lipinski definition) is 1. The first-order valence-electron chi connectivity index (χ1n) is 14.2. The largest absolute Gasteiger partial charge is 0.495 e. The Labute approximate surface area is 229 Å². The van der Waals surface area contributed by atoms with Crippen molar-refractivity contribution >= 4 is 22.6 Å². The van der Waals surface area contributed by atoms with Gasteiger partial charge in [-0.2, -0.15) is 0 Å². The van der Waals surface area contributed by atoms with Gasteiger partial charge in [-0.1, -0.05) is 30.4 Å². The summed E-state index contributed by atoms with van der Waals surface area (Å²) < 4.78 is 11.9. The van der Waals surface area contributed by atoms with Gasteiger partial charge in [0.05, 0.1) is 23.7 Å². The molecule has 1 saturated heterocycles. The Hall–Kier alpha value is -3.58. The number of fused-ring (bicyclic) bond motifs is 3. The number of ether oxygens (including phenoxy) is 1. The van der Waals surface area contributed by atoms with Gasteiger partial charge in [0.2, 0.25) is 0 Å². The molecule has 0 spiro atoms. The van der Waals surface area contributed by atoms with Gasteiger partial charge in [-0.3, -0.25) is 14.5 Å². The van der Waals surface area contributed by atoms with Crippen LogP contribution in [0.4, 0.5) is 5.69 Å². The van der Waals surface area contributed by atoms with Crippen molar-refractivity contribution < 1.29 is 13.9 Å². The van der Waals surface area contributed by atoms with E-state index in [1.165, 1.54) is 0 Å². The molecule has 6 rings (SSSR count). The van der Waals surface area contributed by atoms with Crippen LogP contribution in [0, 0.1) is 18.8 Å². The van der Waals surface area contributed by atoms with E-state index in [2.05, 4.69) is 33.3 Å². The molecule has 1 aliphatic heterocycles. The summed E-state index contributed by atoms with van der Waals surface area (Å²) in [6, 6.07) is 13.5. The van der Waals surface area contributed by atoms with Crippen molar-refractivity contribution in [3.63, 3.8) is 0 Å². The summed E-state index contributed by atoms with van der Waals surface area (Å²) in [6.45, 7) is 7.19. The number of hydrogen-bond acceptors (Lipinski definition) is 6. The van der Waals surface area contributed by atoms with Gasteiger partial charge in [-0.15, -0.1) is 0 Å². The minimum atomic E-state index is -0.188. The third kappa shape index (κ3) is 4.96. The van der Waals surface area contributed by atoms with Crippen LogP contribution in [0.2, 0.25) is 0 Å². The highest BCUT2D eigenvalue weighted by Gasteiger charge is 2.39. The lowest BCUT2D eigenvalue weighted by Crippen LogP contribution is -2.47. The Morgan fingerprint density at radius 3 is 2.62 bits per heavy atom. The predicted octanol–water partition coefficient (Wildman–Crippen LogP) is 4.73. The van der Waals surface area contributed by atoms with E-state index in [0.717, 1.165) is 69.2 Å². The molecule has 1 aromatic heterocycles. The molecule has 2 aliphatic carbocycles. The predicted molar refractivity (Wildman–Crippen MR) is 154 cm³/mol. The Kier molecular flexibility index (Phi) is 7.17. The highest BCUT2D eigenvalue weighted by Crippen LogP contribution is 2.49. The van der Waals surface area contributed by atoms with Crippen molar-refractivity contribution in [3.8, 4) is 5.75 Å². The number of rotatable bonds is 8.